The number of nitrogens with one attached hydrogen (secondary N) is 1. The summed E-state index contributed by atoms with van der Waals surface area (Å²) in [5.41, 5.74) is 4.05. The summed E-state index contributed by atoms with van der Waals surface area (Å²) in [4.78, 5) is 41.1. The molecule has 0 radical (unpaired) electrons. The van der Waals surface area contributed by atoms with Crippen LogP contribution in [-0.2, 0) is 16.0 Å². The van der Waals surface area contributed by atoms with Gasteiger partial charge in [-0.3, -0.25) is 14.2 Å². The topological polar surface area (TPSA) is 124 Å². The SMILES string of the molecule is CC(=O)/C=C/C(=O)O.Cc1ccc(Cc2cc3c(=O)n([C@H]4CCCC[C@@H]4O)cnc3c3ccccc23)c[nH+]1. The average molecular weight is 515 g/mol. The lowest BCUT2D eigenvalue weighted by molar-refractivity contribution is -0.388. The second-order valence-corrected chi connectivity index (χ2v) is 9.69. The number of rotatable bonds is 5. The first-order valence-electron chi connectivity index (χ1n) is 12.7. The van der Waals surface area contributed by atoms with Crippen molar-refractivity contribution in [1.29, 1.82) is 0 Å². The van der Waals surface area contributed by atoms with E-state index >= 15 is 0 Å². The Kier molecular flexibility index (Phi) is 8.43. The first-order chi connectivity index (χ1) is 18.2. The minimum atomic E-state index is -1.10. The molecule has 2 aromatic heterocycles. The molecule has 1 aliphatic carbocycles. The molecule has 3 N–H and O–H groups in total. The monoisotopic (exact) mass is 514 g/mol. The van der Waals surface area contributed by atoms with E-state index in [2.05, 4.69) is 28.2 Å². The van der Waals surface area contributed by atoms with Crippen molar-refractivity contribution in [3.05, 3.63) is 94.3 Å². The third-order valence-corrected chi connectivity index (χ3v) is 6.82. The first kappa shape index (κ1) is 26.9. The Bertz CT molecular complexity index is 1540. The molecule has 0 spiro atoms. The number of aliphatic hydroxyl groups is 1. The maximum absolute atomic E-state index is 13.5. The number of pyridine rings is 1. The molecule has 0 bridgehead atoms. The first-order valence-corrected chi connectivity index (χ1v) is 12.7. The fourth-order valence-electron chi connectivity index (χ4n) is 4.90. The van der Waals surface area contributed by atoms with E-state index in [1.165, 1.54) is 6.92 Å². The number of aromatic amines is 1. The number of allylic oxidation sites excluding steroid dienone is 1. The Labute approximate surface area is 220 Å². The van der Waals surface area contributed by atoms with Gasteiger partial charge in [-0.05, 0) is 48.9 Å². The van der Waals surface area contributed by atoms with Gasteiger partial charge in [-0.15, -0.1) is 0 Å². The molecule has 1 fully saturated rings. The molecule has 1 aliphatic rings. The predicted octanol–water partition coefficient (Wildman–Crippen LogP) is 3.96. The Morgan fingerprint density at radius 3 is 2.45 bits per heavy atom. The summed E-state index contributed by atoms with van der Waals surface area (Å²) in [7, 11) is 0. The smallest absolute Gasteiger partial charge is 0.328 e. The van der Waals surface area contributed by atoms with E-state index in [4.69, 9.17) is 5.11 Å². The van der Waals surface area contributed by atoms with Gasteiger partial charge in [0.05, 0.1) is 29.4 Å². The van der Waals surface area contributed by atoms with Crippen LogP contribution in [-0.4, -0.2) is 37.6 Å². The zero-order valence-corrected chi connectivity index (χ0v) is 21.6. The van der Waals surface area contributed by atoms with E-state index in [1.54, 1.807) is 10.9 Å². The number of carboxylic acids is 1. The van der Waals surface area contributed by atoms with Crippen molar-refractivity contribution in [2.45, 2.75) is 58.1 Å². The van der Waals surface area contributed by atoms with Crippen LogP contribution >= 0.6 is 0 Å². The molecule has 4 aromatic rings. The standard InChI is InChI=1S/C25H25N3O2.C5H6O3/c1-16-10-11-17(14-26-16)12-18-13-21-24(20-7-3-2-6-19(18)20)27-15-28(25(21)30)22-8-4-5-9-23(22)29;1-4(6)2-3-5(7)8/h2-3,6-7,10-11,13-15,22-23,29H,4-5,8-9,12H2,1H3;2-3H,1H3,(H,7,8)/p+1/b;3-2+/t22-,23-;/m0./s1. The average Bonchev–Trinajstić information content (AvgIpc) is 2.90. The number of carbonyl (C=O) groups excluding carboxylic acids is 1. The Balaban J connectivity index is 0.000000368. The van der Waals surface area contributed by atoms with E-state index in [0.29, 0.717) is 5.39 Å². The zero-order chi connectivity index (χ0) is 27.2. The number of aromatic nitrogens is 3. The third-order valence-electron chi connectivity index (χ3n) is 6.82. The van der Waals surface area contributed by atoms with Crippen LogP contribution in [0.4, 0.5) is 0 Å². The molecule has 8 heteroatoms. The van der Waals surface area contributed by atoms with Crippen LogP contribution in [0.5, 0.6) is 0 Å². The molecule has 2 atom stereocenters. The molecule has 0 aliphatic heterocycles. The number of nitrogens with zero attached hydrogens (tertiary/aromatic N) is 2. The zero-order valence-electron chi connectivity index (χ0n) is 21.6. The highest BCUT2D eigenvalue weighted by Gasteiger charge is 2.26. The number of aryl methyl sites for hydroxylation is 1. The number of aliphatic carboxylic acids is 1. The second-order valence-electron chi connectivity index (χ2n) is 9.69. The van der Waals surface area contributed by atoms with Crippen molar-refractivity contribution < 1.29 is 24.8 Å². The summed E-state index contributed by atoms with van der Waals surface area (Å²) in [6.45, 7) is 3.32. The van der Waals surface area contributed by atoms with Gasteiger partial charge < -0.3 is 10.2 Å². The Morgan fingerprint density at radius 1 is 1.08 bits per heavy atom. The fourth-order valence-corrected chi connectivity index (χ4v) is 4.90. The van der Waals surface area contributed by atoms with Gasteiger partial charge in [0.25, 0.3) is 5.56 Å². The van der Waals surface area contributed by atoms with E-state index in [-0.39, 0.29) is 17.4 Å². The normalized spacial score (nSPS) is 17.3. The molecule has 2 heterocycles. The Morgan fingerprint density at radius 2 is 1.82 bits per heavy atom. The Hall–Kier alpha value is -4.17. The molecule has 196 valence electrons. The lowest BCUT2D eigenvalue weighted by Crippen LogP contribution is -2.34. The quantitative estimate of drug-likeness (QED) is 0.307. The van der Waals surface area contributed by atoms with Gasteiger partial charge >= 0.3 is 5.97 Å². The molecule has 8 nitrogen and oxygen atoms in total. The number of ketones is 1. The minimum Gasteiger partial charge on any atom is -0.478 e. The number of aliphatic hydroxyl groups excluding tert-OH is 1. The number of hydrogen-bond donors (Lipinski definition) is 2. The van der Waals surface area contributed by atoms with Crippen molar-refractivity contribution in [3.63, 3.8) is 0 Å². The maximum atomic E-state index is 13.5. The van der Waals surface area contributed by atoms with Gasteiger partial charge in [0.15, 0.2) is 17.7 Å². The summed E-state index contributed by atoms with van der Waals surface area (Å²) in [6, 6.07) is 14.1. The summed E-state index contributed by atoms with van der Waals surface area (Å²) < 4.78 is 1.66. The van der Waals surface area contributed by atoms with Crippen LogP contribution in [0.1, 0.15) is 55.5 Å². The van der Waals surface area contributed by atoms with Crippen LogP contribution in [0.3, 0.4) is 0 Å². The van der Waals surface area contributed by atoms with Crippen molar-refractivity contribution >= 4 is 33.4 Å². The largest absolute Gasteiger partial charge is 0.478 e. The van der Waals surface area contributed by atoms with Gasteiger partial charge in [-0.25, -0.2) is 14.8 Å². The van der Waals surface area contributed by atoms with E-state index in [1.807, 2.05) is 37.4 Å². The van der Waals surface area contributed by atoms with Gasteiger partial charge in [-0.2, -0.15) is 0 Å². The fraction of sp³-hybridized carbons (Fsp3) is 0.300. The van der Waals surface area contributed by atoms with Crippen LogP contribution in [0.2, 0.25) is 0 Å². The lowest BCUT2D eigenvalue weighted by Gasteiger charge is -2.29. The van der Waals surface area contributed by atoms with Crippen molar-refractivity contribution in [1.82, 2.24) is 9.55 Å². The van der Waals surface area contributed by atoms with Gasteiger partial charge in [0.2, 0.25) is 0 Å². The van der Waals surface area contributed by atoms with Crippen molar-refractivity contribution in [2.24, 2.45) is 0 Å². The molecule has 1 saturated carbocycles. The number of fused-ring (bicyclic) bond motifs is 3. The summed E-state index contributed by atoms with van der Waals surface area (Å²) in [5, 5.41) is 21.1. The maximum Gasteiger partial charge on any atom is 0.328 e. The summed E-state index contributed by atoms with van der Waals surface area (Å²) in [6.07, 6.45) is 9.29. The molecule has 0 saturated heterocycles. The van der Waals surface area contributed by atoms with Crippen LogP contribution in [0.15, 0.2) is 71.9 Å². The predicted molar refractivity (Wildman–Crippen MR) is 145 cm³/mol. The molecule has 0 amide bonds. The minimum absolute atomic E-state index is 0.0616. The highest BCUT2D eigenvalue weighted by molar-refractivity contribution is 6.06. The molecule has 2 aromatic carbocycles. The van der Waals surface area contributed by atoms with Gasteiger partial charge in [0.1, 0.15) is 0 Å². The molecule has 38 heavy (non-hydrogen) atoms. The third kappa shape index (κ3) is 6.20. The lowest BCUT2D eigenvalue weighted by atomic mass is 9.92. The van der Waals surface area contributed by atoms with Crippen molar-refractivity contribution in [2.75, 3.05) is 0 Å². The molecule has 5 rings (SSSR count). The van der Waals surface area contributed by atoms with Crippen LogP contribution < -0.4 is 10.5 Å². The van der Waals surface area contributed by atoms with Crippen LogP contribution in [0, 0.1) is 6.92 Å². The molecule has 0 unspecified atom stereocenters. The molecular weight excluding hydrogens is 482 g/mol. The summed E-state index contributed by atoms with van der Waals surface area (Å²) >= 11 is 0. The number of H-pyrrole nitrogens is 1. The number of benzene rings is 2. The van der Waals surface area contributed by atoms with E-state index < -0.39 is 12.1 Å². The number of hydrogen-bond acceptors (Lipinski definition) is 5. The summed E-state index contributed by atoms with van der Waals surface area (Å²) in [5.74, 6) is -1.35. The number of carboxylic acid groups (broad SMARTS) is 1. The number of carbonyl (C=O) groups is 2. The van der Waals surface area contributed by atoms with Crippen LogP contribution in [0.25, 0.3) is 21.7 Å². The molecular formula is C30H32N3O5+. The van der Waals surface area contributed by atoms with Gasteiger partial charge in [-0.1, -0.05) is 37.1 Å². The van der Waals surface area contributed by atoms with E-state index in [9.17, 15) is 19.5 Å². The van der Waals surface area contributed by atoms with E-state index in [0.717, 1.165) is 77.4 Å². The highest BCUT2D eigenvalue weighted by atomic mass is 16.4. The van der Waals surface area contributed by atoms with Gasteiger partial charge in [0, 0.05) is 36.4 Å². The second kappa shape index (κ2) is 11.9. The highest BCUT2D eigenvalue weighted by Crippen LogP contribution is 2.30. The van der Waals surface area contributed by atoms with Crippen molar-refractivity contribution in [3.8, 4) is 0 Å².